The molecule has 0 aliphatic carbocycles. The summed E-state index contributed by atoms with van der Waals surface area (Å²) in [5.74, 6) is 0. The van der Waals surface area contributed by atoms with Crippen LogP contribution in [-0.4, -0.2) is 61.9 Å². The van der Waals surface area contributed by atoms with E-state index in [0.29, 0.717) is 6.61 Å². The lowest BCUT2D eigenvalue weighted by Crippen LogP contribution is -2.49. The van der Waals surface area contributed by atoms with Gasteiger partial charge in [-0.2, -0.15) is 0 Å². The third-order valence-electron chi connectivity index (χ3n) is 2.50. The molecule has 0 radical (unpaired) electrons. The van der Waals surface area contributed by atoms with Crippen LogP contribution in [0.2, 0.25) is 0 Å². The molecule has 2 N–H and O–H groups in total. The smallest absolute Gasteiger partial charge is 0.156 e. The van der Waals surface area contributed by atoms with Gasteiger partial charge in [0.25, 0.3) is 0 Å². The summed E-state index contributed by atoms with van der Waals surface area (Å²) in [6, 6.07) is 0. The third kappa shape index (κ3) is 5.98. The Kier molecular flexibility index (Phi) is 9.21. The van der Waals surface area contributed by atoms with Gasteiger partial charge in [-0.1, -0.05) is 0 Å². The second-order valence-corrected chi connectivity index (χ2v) is 3.68. The van der Waals surface area contributed by atoms with E-state index in [4.69, 9.17) is 14.6 Å². The van der Waals surface area contributed by atoms with Crippen molar-refractivity contribution in [2.45, 2.75) is 26.4 Å². The molecule has 0 saturated carbocycles. The highest BCUT2D eigenvalue weighted by atomic mass is 35.5. The van der Waals surface area contributed by atoms with Crippen molar-refractivity contribution in [1.29, 1.82) is 0 Å². The molecule has 1 aliphatic rings. The summed E-state index contributed by atoms with van der Waals surface area (Å²) in [5.41, 5.74) is 0. The molecule has 16 heavy (non-hydrogen) atoms. The van der Waals surface area contributed by atoms with Gasteiger partial charge >= 0.3 is 0 Å². The number of nitrogens with zero attached hydrogens (tertiary/aromatic N) is 1. The van der Waals surface area contributed by atoms with Gasteiger partial charge in [-0.05, 0) is 13.8 Å². The van der Waals surface area contributed by atoms with E-state index < -0.39 is 0 Å². The molecule has 1 aliphatic heterocycles. The van der Waals surface area contributed by atoms with E-state index in [9.17, 15) is 0 Å². The zero-order valence-corrected chi connectivity index (χ0v) is 10.8. The number of hydrogen-bond donors (Lipinski definition) is 2. The molecular weight excluding hydrogens is 232 g/mol. The van der Waals surface area contributed by atoms with Crippen molar-refractivity contribution in [2.24, 2.45) is 0 Å². The molecule has 5 nitrogen and oxygen atoms in total. The molecule has 0 aromatic carbocycles. The van der Waals surface area contributed by atoms with Crippen LogP contribution in [0.15, 0.2) is 0 Å². The summed E-state index contributed by atoms with van der Waals surface area (Å²) in [5, 5.41) is 11.9. The average Bonchev–Trinajstić information content (AvgIpc) is 2.27. The fraction of sp³-hybridized carbons (Fsp3) is 1.00. The van der Waals surface area contributed by atoms with Crippen molar-refractivity contribution in [3.63, 3.8) is 0 Å². The van der Waals surface area contributed by atoms with Crippen LogP contribution < -0.4 is 5.32 Å². The monoisotopic (exact) mass is 254 g/mol. The van der Waals surface area contributed by atoms with Gasteiger partial charge in [0, 0.05) is 26.2 Å². The standard InChI is InChI=1S/C10H22N2O3.ClH/c1-9(12-5-3-11-4-6-12)15-10(2)14-8-7-13;/h9-11,13H,3-8H2,1-2H3;1H. The summed E-state index contributed by atoms with van der Waals surface area (Å²) in [6.45, 7) is 8.30. The van der Waals surface area contributed by atoms with E-state index in [2.05, 4.69) is 10.2 Å². The predicted molar refractivity (Wildman–Crippen MR) is 64.7 cm³/mol. The van der Waals surface area contributed by atoms with Gasteiger partial charge in [0.2, 0.25) is 0 Å². The van der Waals surface area contributed by atoms with Crippen LogP contribution in [0.4, 0.5) is 0 Å². The van der Waals surface area contributed by atoms with E-state index in [1.807, 2.05) is 13.8 Å². The van der Waals surface area contributed by atoms with E-state index in [1.54, 1.807) is 0 Å². The van der Waals surface area contributed by atoms with Crippen LogP contribution in [0.25, 0.3) is 0 Å². The number of rotatable bonds is 6. The molecule has 98 valence electrons. The second kappa shape index (κ2) is 9.15. The van der Waals surface area contributed by atoms with Gasteiger partial charge in [-0.15, -0.1) is 12.4 Å². The molecular formula is C10H23ClN2O3. The maximum Gasteiger partial charge on any atom is 0.156 e. The fourth-order valence-electron chi connectivity index (χ4n) is 1.67. The van der Waals surface area contributed by atoms with E-state index in [0.717, 1.165) is 26.2 Å². The largest absolute Gasteiger partial charge is 0.394 e. The number of piperazine rings is 1. The van der Waals surface area contributed by atoms with Crippen LogP contribution in [-0.2, 0) is 9.47 Å². The molecule has 2 atom stereocenters. The highest BCUT2D eigenvalue weighted by Crippen LogP contribution is 2.06. The SMILES string of the molecule is CC(OCCO)OC(C)N1CCNCC1.Cl. The maximum absolute atomic E-state index is 8.60. The Hall–Kier alpha value is 0.0900. The third-order valence-corrected chi connectivity index (χ3v) is 2.50. The Labute approximate surface area is 104 Å². The Bertz CT molecular complexity index is 168. The molecule has 1 saturated heterocycles. The molecule has 1 rings (SSSR count). The van der Waals surface area contributed by atoms with Gasteiger partial charge in [0.05, 0.1) is 13.2 Å². The van der Waals surface area contributed by atoms with Gasteiger partial charge < -0.3 is 19.9 Å². The topological polar surface area (TPSA) is 54.0 Å². The summed E-state index contributed by atoms with van der Waals surface area (Å²) in [7, 11) is 0. The highest BCUT2D eigenvalue weighted by Gasteiger charge is 2.18. The number of ether oxygens (including phenoxy) is 2. The molecule has 1 fully saturated rings. The first-order valence-electron chi connectivity index (χ1n) is 5.56. The molecule has 6 heteroatoms. The Morgan fingerprint density at radius 2 is 1.94 bits per heavy atom. The van der Waals surface area contributed by atoms with Crippen LogP contribution in [0.5, 0.6) is 0 Å². The average molecular weight is 255 g/mol. The first-order chi connectivity index (χ1) is 7.24. The van der Waals surface area contributed by atoms with E-state index >= 15 is 0 Å². The Morgan fingerprint density at radius 1 is 1.31 bits per heavy atom. The van der Waals surface area contributed by atoms with Crippen molar-refractivity contribution >= 4 is 12.4 Å². The molecule has 0 amide bonds. The molecule has 0 bridgehead atoms. The van der Waals surface area contributed by atoms with Crippen LogP contribution in [0, 0.1) is 0 Å². The zero-order chi connectivity index (χ0) is 11.1. The molecule has 2 unspecified atom stereocenters. The van der Waals surface area contributed by atoms with E-state index in [-0.39, 0.29) is 31.5 Å². The van der Waals surface area contributed by atoms with Crippen molar-refractivity contribution in [3.8, 4) is 0 Å². The summed E-state index contributed by atoms with van der Waals surface area (Å²) in [4.78, 5) is 2.27. The predicted octanol–water partition coefficient (Wildman–Crippen LogP) is 0.0309. The number of halogens is 1. The fourth-order valence-corrected chi connectivity index (χ4v) is 1.67. The van der Waals surface area contributed by atoms with Gasteiger partial charge in [-0.25, -0.2) is 0 Å². The second-order valence-electron chi connectivity index (χ2n) is 3.68. The van der Waals surface area contributed by atoms with Crippen LogP contribution in [0.3, 0.4) is 0 Å². The lowest BCUT2D eigenvalue weighted by molar-refractivity contribution is -0.196. The summed E-state index contributed by atoms with van der Waals surface area (Å²) >= 11 is 0. The normalized spacial score (nSPS) is 21.2. The Balaban J connectivity index is 0.00000225. The van der Waals surface area contributed by atoms with Crippen molar-refractivity contribution in [3.05, 3.63) is 0 Å². The molecule has 0 spiro atoms. The van der Waals surface area contributed by atoms with Crippen LogP contribution >= 0.6 is 12.4 Å². The summed E-state index contributed by atoms with van der Waals surface area (Å²) in [6.07, 6.45) is -0.192. The molecule has 0 aromatic heterocycles. The number of aliphatic hydroxyl groups excluding tert-OH is 1. The lowest BCUT2D eigenvalue weighted by Gasteiger charge is -2.33. The minimum Gasteiger partial charge on any atom is -0.394 e. The number of aliphatic hydroxyl groups is 1. The Morgan fingerprint density at radius 3 is 2.50 bits per heavy atom. The number of nitrogens with one attached hydrogen (secondary N) is 1. The van der Waals surface area contributed by atoms with Gasteiger partial charge in [0.15, 0.2) is 6.29 Å². The lowest BCUT2D eigenvalue weighted by atomic mass is 10.3. The van der Waals surface area contributed by atoms with Gasteiger partial charge in [-0.3, -0.25) is 4.90 Å². The van der Waals surface area contributed by atoms with Crippen molar-refractivity contribution < 1.29 is 14.6 Å². The van der Waals surface area contributed by atoms with Crippen LogP contribution in [0.1, 0.15) is 13.8 Å². The molecule has 0 aromatic rings. The molecule has 1 heterocycles. The minimum atomic E-state index is -0.262. The van der Waals surface area contributed by atoms with Crippen molar-refractivity contribution in [2.75, 3.05) is 39.4 Å². The highest BCUT2D eigenvalue weighted by molar-refractivity contribution is 5.85. The number of hydrogen-bond acceptors (Lipinski definition) is 5. The zero-order valence-electron chi connectivity index (χ0n) is 10.0. The van der Waals surface area contributed by atoms with Crippen molar-refractivity contribution in [1.82, 2.24) is 10.2 Å². The quantitative estimate of drug-likeness (QED) is 0.655. The van der Waals surface area contributed by atoms with E-state index in [1.165, 1.54) is 0 Å². The first kappa shape index (κ1) is 16.1. The van der Waals surface area contributed by atoms with Gasteiger partial charge in [0.1, 0.15) is 6.23 Å². The summed E-state index contributed by atoms with van der Waals surface area (Å²) < 4.78 is 10.9. The first-order valence-corrected chi connectivity index (χ1v) is 5.56. The minimum absolute atomic E-state index is 0. The maximum atomic E-state index is 8.60.